The number of pyridine rings is 1. The van der Waals surface area contributed by atoms with Crippen LogP contribution in [-0.4, -0.2) is 4.98 Å². The van der Waals surface area contributed by atoms with E-state index in [4.69, 9.17) is 0 Å². The molecule has 1 heterocycles. The van der Waals surface area contributed by atoms with Crippen molar-refractivity contribution in [3.05, 3.63) is 36.5 Å². The lowest BCUT2D eigenvalue weighted by atomic mass is 10.1. The highest BCUT2D eigenvalue weighted by Crippen LogP contribution is 2.08. The summed E-state index contributed by atoms with van der Waals surface area (Å²) in [6.45, 7) is 2.24. The Hall–Kier alpha value is -0.850. The van der Waals surface area contributed by atoms with E-state index in [-0.39, 0.29) is 0 Å². The van der Waals surface area contributed by atoms with Crippen molar-refractivity contribution in [3.63, 3.8) is 0 Å². The molecule has 0 spiro atoms. The highest BCUT2D eigenvalue weighted by molar-refractivity contribution is 5.12. The third-order valence-electron chi connectivity index (χ3n) is 2.10. The molecule has 13 heavy (non-hydrogen) atoms. The van der Waals surface area contributed by atoms with E-state index < -0.39 is 0 Å². The van der Waals surface area contributed by atoms with Crippen molar-refractivity contribution < 1.29 is 0 Å². The fourth-order valence-electron chi connectivity index (χ4n) is 1.32. The van der Waals surface area contributed by atoms with Crippen LogP contribution in [0.5, 0.6) is 0 Å². The van der Waals surface area contributed by atoms with E-state index in [1.54, 1.807) is 0 Å². The van der Waals surface area contributed by atoms with Gasteiger partial charge in [-0.2, -0.15) is 0 Å². The largest absolute Gasteiger partial charge is 0.261 e. The molecular weight excluding hydrogens is 158 g/mol. The second-order valence-electron chi connectivity index (χ2n) is 3.31. The summed E-state index contributed by atoms with van der Waals surface area (Å²) < 4.78 is 0. The van der Waals surface area contributed by atoms with Gasteiger partial charge in [0.1, 0.15) is 0 Å². The molecular formula is C12H18N. The maximum absolute atomic E-state index is 4.24. The van der Waals surface area contributed by atoms with E-state index in [1.807, 2.05) is 18.3 Å². The summed E-state index contributed by atoms with van der Waals surface area (Å²) >= 11 is 0. The number of hydrogen-bond acceptors (Lipinski definition) is 1. The predicted octanol–water partition coefficient (Wildman–Crippen LogP) is 3.60. The first-order chi connectivity index (χ1) is 6.43. The maximum atomic E-state index is 4.24. The predicted molar refractivity (Wildman–Crippen MR) is 56.4 cm³/mol. The molecule has 71 valence electrons. The summed E-state index contributed by atoms with van der Waals surface area (Å²) in [7, 11) is 0. The molecule has 0 amide bonds. The van der Waals surface area contributed by atoms with Gasteiger partial charge in [-0.25, -0.2) is 0 Å². The Labute approximate surface area is 81.2 Å². The third-order valence-corrected chi connectivity index (χ3v) is 2.10. The van der Waals surface area contributed by atoms with E-state index >= 15 is 0 Å². The highest BCUT2D eigenvalue weighted by Gasteiger charge is 1.93. The van der Waals surface area contributed by atoms with Crippen LogP contribution in [0.2, 0.25) is 0 Å². The van der Waals surface area contributed by atoms with Gasteiger partial charge in [-0.3, -0.25) is 4.98 Å². The van der Waals surface area contributed by atoms with E-state index in [0.29, 0.717) is 0 Å². The smallest absolute Gasteiger partial charge is 0.0441 e. The molecule has 0 N–H and O–H groups in total. The Bertz CT molecular complexity index is 206. The van der Waals surface area contributed by atoms with Gasteiger partial charge in [0.2, 0.25) is 0 Å². The molecule has 0 aliphatic heterocycles. The Morgan fingerprint density at radius 1 is 1.23 bits per heavy atom. The minimum absolute atomic E-state index is 1.11. The molecule has 1 aromatic rings. The molecule has 0 fully saturated rings. The van der Waals surface area contributed by atoms with Crippen LogP contribution < -0.4 is 0 Å². The van der Waals surface area contributed by atoms with Crippen molar-refractivity contribution in [2.75, 3.05) is 0 Å². The zero-order chi connectivity index (χ0) is 9.36. The van der Waals surface area contributed by atoms with Crippen LogP contribution in [0.4, 0.5) is 0 Å². The van der Waals surface area contributed by atoms with Crippen molar-refractivity contribution in [1.29, 1.82) is 0 Å². The molecule has 0 aliphatic rings. The van der Waals surface area contributed by atoms with E-state index in [1.165, 1.54) is 25.7 Å². The normalized spacial score (nSPS) is 10.2. The minimum Gasteiger partial charge on any atom is -0.261 e. The Morgan fingerprint density at radius 3 is 2.85 bits per heavy atom. The molecule has 1 aromatic heterocycles. The molecule has 1 rings (SSSR count). The molecule has 0 aromatic carbocycles. The molecule has 0 saturated heterocycles. The van der Waals surface area contributed by atoms with Crippen LogP contribution in [0.15, 0.2) is 24.4 Å². The van der Waals surface area contributed by atoms with Gasteiger partial charge >= 0.3 is 0 Å². The summed E-state index contributed by atoms with van der Waals surface area (Å²) in [5, 5.41) is 0. The lowest BCUT2D eigenvalue weighted by Gasteiger charge is -1.99. The molecule has 0 unspecified atom stereocenters. The first-order valence-corrected chi connectivity index (χ1v) is 5.17. The molecule has 0 bridgehead atoms. The maximum Gasteiger partial charge on any atom is 0.0441 e. The lowest BCUT2D eigenvalue weighted by molar-refractivity contribution is 0.664. The summed E-state index contributed by atoms with van der Waals surface area (Å²) in [4.78, 5) is 4.24. The SMILES string of the molecule is CCCCCC[CH]c1ccccn1. The fraction of sp³-hybridized carbons (Fsp3) is 0.500. The average Bonchev–Trinajstić information content (AvgIpc) is 2.19. The Kier molecular flexibility index (Phi) is 5.23. The zero-order valence-corrected chi connectivity index (χ0v) is 8.37. The number of rotatable bonds is 6. The summed E-state index contributed by atoms with van der Waals surface area (Å²) in [6, 6.07) is 6.04. The number of aromatic nitrogens is 1. The summed E-state index contributed by atoms with van der Waals surface area (Å²) in [5.74, 6) is 0. The number of unbranched alkanes of at least 4 members (excludes halogenated alkanes) is 4. The monoisotopic (exact) mass is 176 g/mol. The molecule has 1 nitrogen and oxygen atoms in total. The van der Waals surface area contributed by atoms with Gasteiger partial charge < -0.3 is 0 Å². The van der Waals surface area contributed by atoms with Crippen LogP contribution in [0.25, 0.3) is 0 Å². The van der Waals surface area contributed by atoms with Crippen molar-refractivity contribution >= 4 is 0 Å². The van der Waals surface area contributed by atoms with Crippen molar-refractivity contribution in [2.45, 2.75) is 39.0 Å². The average molecular weight is 176 g/mol. The fourth-order valence-corrected chi connectivity index (χ4v) is 1.32. The number of nitrogens with zero attached hydrogens (tertiary/aromatic N) is 1. The van der Waals surface area contributed by atoms with Gasteiger partial charge in [-0.1, -0.05) is 38.7 Å². The quantitative estimate of drug-likeness (QED) is 0.603. The van der Waals surface area contributed by atoms with Gasteiger partial charge in [0.15, 0.2) is 0 Å². The zero-order valence-electron chi connectivity index (χ0n) is 8.37. The topological polar surface area (TPSA) is 12.9 Å². The van der Waals surface area contributed by atoms with Gasteiger partial charge in [0, 0.05) is 18.3 Å². The molecule has 1 radical (unpaired) electrons. The van der Waals surface area contributed by atoms with Gasteiger partial charge in [0.25, 0.3) is 0 Å². The first kappa shape index (κ1) is 10.2. The van der Waals surface area contributed by atoms with Crippen LogP contribution >= 0.6 is 0 Å². The first-order valence-electron chi connectivity index (χ1n) is 5.17. The van der Waals surface area contributed by atoms with Gasteiger partial charge in [0.05, 0.1) is 0 Å². The van der Waals surface area contributed by atoms with Crippen molar-refractivity contribution in [3.8, 4) is 0 Å². The standard InChI is InChI=1S/C12H18N/c1-2-3-4-5-6-9-12-10-7-8-11-13-12/h7-11H,2-6H2,1H3. The molecule has 1 heteroatoms. The Balaban J connectivity index is 2.07. The Morgan fingerprint density at radius 2 is 2.15 bits per heavy atom. The number of hydrogen-bond donors (Lipinski definition) is 0. The molecule has 0 aliphatic carbocycles. The summed E-state index contributed by atoms with van der Waals surface area (Å²) in [5.41, 5.74) is 1.11. The van der Waals surface area contributed by atoms with Gasteiger partial charge in [-0.15, -0.1) is 0 Å². The highest BCUT2D eigenvalue weighted by atomic mass is 14.7. The minimum atomic E-state index is 1.11. The van der Waals surface area contributed by atoms with Crippen molar-refractivity contribution in [2.24, 2.45) is 0 Å². The van der Waals surface area contributed by atoms with E-state index in [2.05, 4.69) is 24.4 Å². The van der Waals surface area contributed by atoms with Crippen LogP contribution in [-0.2, 0) is 0 Å². The van der Waals surface area contributed by atoms with E-state index in [9.17, 15) is 0 Å². The second kappa shape index (κ2) is 6.64. The molecule has 0 saturated carbocycles. The molecule has 0 atom stereocenters. The van der Waals surface area contributed by atoms with Crippen LogP contribution in [0.1, 0.15) is 44.7 Å². The van der Waals surface area contributed by atoms with Crippen LogP contribution in [0.3, 0.4) is 0 Å². The van der Waals surface area contributed by atoms with Crippen LogP contribution in [0, 0.1) is 6.42 Å². The van der Waals surface area contributed by atoms with Crippen molar-refractivity contribution in [1.82, 2.24) is 4.98 Å². The van der Waals surface area contributed by atoms with Gasteiger partial charge in [-0.05, 0) is 18.6 Å². The second-order valence-corrected chi connectivity index (χ2v) is 3.31. The summed E-state index contributed by atoms with van der Waals surface area (Å²) in [6.07, 6.45) is 10.5. The lowest BCUT2D eigenvalue weighted by Crippen LogP contribution is -1.86. The van der Waals surface area contributed by atoms with E-state index in [0.717, 1.165) is 12.1 Å². The third kappa shape index (κ3) is 4.66.